The van der Waals surface area contributed by atoms with Gasteiger partial charge in [0.05, 0.1) is 6.04 Å². The molecule has 1 aliphatic rings. The number of nitrogens with one attached hydrogen (secondary N) is 1. The molecule has 1 atom stereocenters. The molecular formula is C11H23N3O. The molecule has 1 rings (SSSR count). The van der Waals surface area contributed by atoms with E-state index in [0.717, 1.165) is 25.9 Å². The Bertz CT molecular complexity index is 188. The van der Waals surface area contributed by atoms with Crippen molar-refractivity contribution in [1.82, 2.24) is 10.2 Å². The second-order valence-corrected chi connectivity index (χ2v) is 4.20. The Labute approximate surface area is 92.2 Å². The summed E-state index contributed by atoms with van der Waals surface area (Å²) in [6, 6.07) is -0.0911. The molecule has 0 saturated carbocycles. The number of nitrogens with two attached hydrogens (primary N) is 1. The molecule has 4 heteroatoms. The Hall–Kier alpha value is -0.610. The van der Waals surface area contributed by atoms with E-state index in [9.17, 15) is 4.79 Å². The molecule has 0 aromatic heterocycles. The molecule has 0 radical (unpaired) electrons. The van der Waals surface area contributed by atoms with Crippen LogP contribution >= 0.6 is 0 Å². The lowest BCUT2D eigenvalue weighted by Gasteiger charge is -2.24. The second-order valence-electron chi connectivity index (χ2n) is 4.20. The van der Waals surface area contributed by atoms with E-state index in [1.54, 1.807) is 0 Å². The topological polar surface area (TPSA) is 58.4 Å². The van der Waals surface area contributed by atoms with Crippen molar-refractivity contribution in [2.75, 3.05) is 26.2 Å². The Morgan fingerprint density at radius 1 is 1.33 bits per heavy atom. The van der Waals surface area contributed by atoms with Gasteiger partial charge in [-0.05, 0) is 19.8 Å². The Morgan fingerprint density at radius 3 is 2.47 bits per heavy atom. The summed E-state index contributed by atoms with van der Waals surface area (Å²) in [4.78, 5) is 14.0. The SMILES string of the molecule is CC(NCCN)C(=O)N1CCCCCC1. The van der Waals surface area contributed by atoms with E-state index >= 15 is 0 Å². The smallest absolute Gasteiger partial charge is 0.239 e. The zero-order valence-corrected chi connectivity index (χ0v) is 9.67. The van der Waals surface area contributed by atoms with E-state index in [1.807, 2.05) is 11.8 Å². The van der Waals surface area contributed by atoms with Gasteiger partial charge in [-0.15, -0.1) is 0 Å². The van der Waals surface area contributed by atoms with Crippen molar-refractivity contribution < 1.29 is 4.79 Å². The first-order chi connectivity index (χ1) is 7.25. The van der Waals surface area contributed by atoms with Gasteiger partial charge >= 0.3 is 0 Å². The fourth-order valence-electron chi connectivity index (χ4n) is 1.95. The molecule has 1 aliphatic heterocycles. The highest BCUT2D eigenvalue weighted by molar-refractivity contribution is 5.81. The van der Waals surface area contributed by atoms with Crippen LogP contribution in [-0.2, 0) is 4.79 Å². The number of hydrogen-bond acceptors (Lipinski definition) is 3. The van der Waals surface area contributed by atoms with Gasteiger partial charge in [-0.3, -0.25) is 4.79 Å². The molecule has 1 heterocycles. The minimum atomic E-state index is -0.0911. The molecular weight excluding hydrogens is 190 g/mol. The lowest BCUT2D eigenvalue weighted by molar-refractivity contribution is -0.132. The van der Waals surface area contributed by atoms with E-state index in [2.05, 4.69) is 5.32 Å². The summed E-state index contributed by atoms with van der Waals surface area (Å²) in [5.74, 6) is 0.227. The summed E-state index contributed by atoms with van der Waals surface area (Å²) in [5.41, 5.74) is 5.39. The summed E-state index contributed by atoms with van der Waals surface area (Å²) in [6.45, 7) is 5.06. The molecule has 0 aliphatic carbocycles. The number of likely N-dealkylation sites (tertiary alicyclic amines) is 1. The molecule has 0 bridgehead atoms. The summed E-state index contributed by atoms with van der Waals surface area (Å²) in [5, 5.41) is 3.13. The number of hydrogen-bond donors (Lipinski definition) is 2. The average molecular weight is 213 g/mol. The maximum atomic E-state index is 12.0. The predicted molar refractivity (Wildman–Crippen MR) is 61.6 cm³/mol. The van der Waals surface area contributed by atoms with Crippen LogP contribution in [0.4, 0.5) is 0 Å². The van der Waals surface area contributed by atoms with Crippen LogP contribution in [0.5, 0.6) is 0 Å². The van der Waals surface area contributed by atoms with Crippen molar-refractivity contribution in [2.24, 2.45) is 5.73 Å². The van der Waals surface area contributed by atoms with Crippen molar-refractivity contribution in [1.29, 1.82) is 0 Å². The van der Waals surface area contributed by atoms with Gasteiger partial charge in [-0.2, -0.15) is 0 Å². The van der Waals surface area contributed by atoms with Gasteiger partial charge < -0.3 is 16.0 Å². The van der Waals surface area contributed by atoms with Crippen molar-refractivity contribution in [3.8, 4) is 0 Å². The molecule has 0 aromatic rings. The Kier molecular flexibility index (Phi) is 5.65. The van der Waals surface area contributed by atoms with Crippen molar-refractivity contribution in [3.63, 3.8) is 0 Å². The second kappa shape index (κ2) is 6.80. The Morgan fingerprint density at radius 2 is 1.93 bits per heavy atom. The molecule has 0 spiro atoms. The van der Waals surface area contributed by atoms with Gasteiger partial charge in [0.2, 0.25) is 5.91 Å². The van der Waals surface area contributed by atoms with Gasteiger partial charge in [-0.1, -0.05) is 12.8 Å². The third kappa shape index (κ3) is 4.18. The molecule has 1 fully saturated rings. The van der Waals surface area contributed by atoms with Gasteiger partial charge in [0.15, 0.2) is 0 Å². The fourth-order valence-corrected chi connectivity index (χ4v) is 1.95. The van der Waals surface area contributed by atoms with E-state index in [4.69, 9.17) is 5.73 Å². The van der Waals surface area contributed by atoms with Crippen LogP contribution in [0, 0.1) is 0 Å². The normalized spacial score (nSPS) is 19.7. The number of carbonyl (C=O) groups excluding carboxylic acids is 1. The van der Waals surface area contributed by atoms with Crippen molar-refractivity contribution in [3.05, 3.63) is 0 Å². The molecule has 1 unspecified atom stereocenters. The third-order valence-corrected chi connectivity index (χ3v) is 2.88. The number of amides is 1. The van der Waals surface area contributed by atoms with E-state index < -0.39 is 0 Å². The molecule has 15 heavy (non-hydrogen) atoms. The third-order valence-electron chi connectivity index (χ3n) is 2.88. The summed E-state index contributed by atoms with van der Waals surface area (Å²) >= 11 is 0. The average Bonchev–Trinajstić information content (AvgIpc) is 2.53. The zero-order valence-electron chi connectivity index (χ0n) is 9.67. The quantitative estimate of drug-likeness (QED) is 0.707. The van der Waals surface area contributed by atoms with E-state index in [-0.39, 0.29) is 11.9 Å². The van der Waals surface area contributed by atoms with Crippen molar-refractivity contribution in [2.45, 2.75) is 38.6 Å². The van der Waals surface area contributed by atoms with Crippen LogP contribution in [0.3, 0.4) is 0 Å². The first-order valence-corrected chi connectivity index (χ1v) is 5.98. The minimum absolute atomic E-state index is 0.0911. The highest BCUT2D eigenvalue weighted by Crippen LogP contribution is 2.10. The van der Waals surface area contributed by atoms with E-state index in [0.29, 0.717) is 13.1 Å². The van der Waals surface area contributed by atoms with E-state index in [1.165, 1.54) is 12.8 Å². The lowest BCUT2D eigenvalue weighted by Crippen LogP contribution is -2.46. The molecule has 3 N–H and O–H groups in total. The van der Waals surface area contributed by atoms with Gasteiger partial charge in [0.25, 0.3) is 0 Å². The number of carbonyl (C=O) groups is 1. The van der Waals surface area contributed by atoms with Gasteiger partial charge in [-0.25, -0.2) is 0 Å². The fraction of sp³-hybridized carbons (Fsp3) is 0.909. The summed E-state index contributed by atoms with van der Waals surface area (Å²) in [7, 11) is 0. The number of nitrogens with zero attached hydrogens (tertiary/aromatic N) is 1. The molecule has 1 amide bonds. The molecule has 88 valence electrons. The van der Waals surface area contributed by atoms with Crippen LogP contribution in [0.2, 0.25) is 0 Å². The largest absolute Gasteiger partial charge is 0.341 e. The molecule has 1 saturated heterocycles. The number of rotatable bonds is 4. The highest BCUT2D eigenvalue weighted by Gasteiger charge is 2.20. The molecule has 4 nitrogen and oxygen atoms in total. The maximum Gasteiger partial charge on any atom is 0.239 e. The zero-order chi connectivity index (χ0) is 11.1. The first-order valence-electron chi connectivity index (χ1n) is 5.98. The van der Waals surface area contributed by atoms with Crippen LogP contribution in [0.1, 0.15) is 32.6 Å². The Balaban J connectivity index is 2.35. The van der Waals surface area contributed by atoms with Crippen LogP contribution in [0.15, 0.2) is 0 Å². The standard InChI is InChI=1S/C11H23N3O/c1-10(13-7-6-12)11(15)14-8-4-2-3-5-9-14/h10,13H,2-9,12H2,1H3. The van der Waals surface area contributed by atoms with Gasteiger partial charge in [0.1, 0.15) is 0 Å². The first kappa shape index (κ1) is 12.5. The maximum absolute atomic E-state index is 12.0. The summed E-state index contributed by atoms with van der Waals surface area (Å²) < 4.78 is 0. The van der Waals surface area contributed by atoms with Crippen molar-refractivity contribution >= 4 is 5.91 Å². The summed E-state index contributed by atoms with van der Waals surface area (Å²) in [6.07, 6.45) is 4.81. The predicted octanol–water partition coefficient (Wildman–Crippen LogP) is 0.326. The van der Waals surface area contributed by atoms with Crippen LogP contribution in [-0.4, -0.2) is 43.0 Å². The molecule has 0 aromatic carbocycles. The monoisotopic (exact) mass is 213 g/mol. The van der Waals surface area contributed by atoms with Crippen LogP contribution in [0.25, 0.3) is 0 Å². The van der Waals surface area contributed by atoms with Crippen LogP contribution < -0.4 is 11.1 Å². The highest BCUT2D eigenvalue weighted by atomic mass is 16.2. The van der Waals surface area contributed by atoms with Gasteiger partial charge in [0, 0.05) is 26.2 Å². The minimum Gasteiger partial charge on any atom is -0.341 e. The lowest BCUT2D eigenvalue weighted by atomic mass is 10.2.